The fourth-order valence-corrected chi connectivity index (χ4v) is 0.644. The monoisotopic (exact) mass is 200 g/mol. The van der Waals surface area contributed by atoms with Crippen molar-refractivity contribution in [2.45, 2.75) is 13.0 Å². The Morgan fingerprint density at radius 3 is 2.57 bits per heavy atom. The first-order chi connectivity index (χ1) is 6.49. The summed E-state index contributed by atoms with van der Waals surface area (Å²) in [5, 5.41) is 2.34. The zero-order valence-corrected chi connectivity index (χ0v) is 8.24. The minimum atomic E-state index is -0.647. The molecular formula is C8H14N3O3. The number of amides is 2. The van der Waals surface area contributed by atoms with Gasteiger partial charge in [0.1, 0.15) is 0 Å². The van der Waals surface area contributed by atoms with Crippen LogP contribution in [0.2, 0.25) is 0 Å². The summed E-state index contributed by atoms with van der Waals surface area (Å²) in [6.45, 7) is 1.26. The van der Waals surface area contributed by atoms with E-state index >= 15 is 0 Å². The van der Waals surface area contributed by atoms with Crippen LogP contribution in [0, 0.1) is 0 Å². The van der Waals surface area contributed by atoms with Crippen LogP contribution >= 0.6 is 0 Å². The molecule has 0 spiro atoms. The van der Waals surface area contributed by atoms with E-state index in [2.05, 4.69) is 5.32 Å². The maximum Gasteiger partial charge on any atom is 0.242 e. The third kappa shape index (κ3) is 4.56. The average Bonchev–Trinajstić information content (AvgIpc) is 2.13. The van der Waals surface area contributed by atoms with E-state index in [4.69, 9.17) is 5.73 Å². The number of likely N-dealkylation sites (N-methyl/N-ethyl adjacent to an activating group) is 1. The molecule has 0 heterocycles. The summed E-state index contributed by atoms with van der Waals surface area (Å²) in [7, 11) is 1.45. The molecule has 14 heavy (non-hydrogen) atoms. The molecule has 0 saturated heterocycles. The van der Waals surface area contributed by atoms with E-state index in [1.807, 2.05) is 0 Å². The standard InChI is InChI=1S/C8H14N3O3/c1-6(9)8(14)10-5-7(13)11(2)3-4-12/h6H,3,5,9H2,1-2H3,(H,10,14)/t6-/m0/s1. The van der Waals surface area contributed by atoms with Crippen molar-refractivity contribution in [3.8, 4) is 0 Å². The fourth-order valence-electron chi connectivity index (χ4n) is 0.644. The van der Waals surface area contributed by atoms with Crippen molar-refractivity contribution in [3.05, 3.63) is 0 Å². The van der Waals surface area contributed by atoms with E-state index in [1.165, 1.54) is 14.0 Å². The number of carbonyl (C=O) groups is 2. The lowest BCUT2D eigenvalue weighted by Gasteiger charge is -2.14. The average molecular weight is 200 g/mol. The smallest absolute Gasteiger partial charge is 0.242 e. The van der Waals surface area contributed by atoms with Crippen LogP contribution in [0.5, 0.6) is 0 Å². The predicted molar refractivity (Wildman–Crippen MR) is 50.0 cm³/mol. The van der Waals surface area contributed by atoms with Crippen molar-refractivity contribution >= 4 is 18.1 Å². The summed E-state index contributed by atoms with van der Waals surface area (Å²) in [5.74, 6) is -0.760. The van der Waals surface area contributed by atoms with Crippen molar-refractivity contribution in [1.82, 2.24) is 10.2 Å². The van der Waals surface area contributed by atoms with Crippen molar-refractivity contribution < 1.29 is 14.4 Å². The Morgan fingerprint density at radius 2 is 2.14 bits per heavy atom. The van der Waals surface area contributed by atoms with E-state index in [0.29, 0.717) is 0 Å². The minimum absolute atomic E-state index is 0.104. The Labute approximate surface area is 82.4 Å². The summed E-state index contributed by atoms with van der Waals surface area (Å²) in [5.41, 5.74) is 5.26. The Morgan fingerprint density at radius 1 is 1.57 bits per heavy atom. The highest BCUT2D eigenvalue weighted by Gasteiger charge is 2.11. The van der Waals surface area contributed by atoms with Gasteiger partial charge in [0.25, 0.3) is 0 Å². The van der Waals surface area contributed by atoms with Gasteiger partial charge >= 0.3 is 0 Å². The number of carbonyl (C=O) groups excluding carboxylic acids is 3. The van der Waals surface area contributed by atoms with Crippen LogP contribution in [0.1, 0.15) is 6.92 Å². The van der Waals surface area contributed by atoms with Crippen LogP contribution < -0.4 is 11.1 Å². The number of nitrogens with two attached hydrogens (primary N) is 1. The quantitative estimate of drug-likeness (QED) is 0.537. The first kappa shape index (κ1) is 12.6. The van der Waals surface area contributed by atoms with Gasteiger partial charge < -0.3 is 16.0 Å². The van der Waals surface area contributed by atoms with Gasteiger partial charge in [-0.1, -0.05) is 0 Å². The molecule has 6 heteroatoms. The second-order valence-electron chi connectivity index (χ2n) is 2.90. The molecule has 0 fully saturated rings. The van der Waals surface area contributed by atoms with Gasteiger partial charge in [-0.2, -0.15) is 0 Å². The van der Waals surface area contributed by atoms with Gasteiger partial charge in [-0.15, -0.1) is 0 Å². The lowest BCUT2D eigenvalue weighted by Crippen LogP contribution is -2.44. The number of hydrogen-bond donors (Lipinski definition) is 2. The van der Waals surface area contributed by atoms with Crippen LogP contribution in [-0.4, -0.2) is 49.2 Å². The molecule has 0 aromatic heterocycles. The second-order valence-corrected chi connectivity index (χ2v) is 2.90. The van der Waals surface area contributed by atoms with Crippen LogP contribution in [0.3, 0.4) is 0 Å². The highest BCUT2D eigenvalue weighted by atomic mass is 16.2. The first-order valence-corrected chi connectivity index (χ1v) is 4.11. The number of hydrogen-bond acceptors (Lipinski definition) is 4. The van der Waals surface area contributed by atoms with Crippen molar-refractivity contribution in [2.75, 3.05) is 20.1 Å². The van der Waals surface area contributed by atoms with E-state index in [9.17, 15) is 14.4 Å². The Balaban J connectivity index is 3.84. The topological polar surface area (TPSA) is 92.5 Å². The molecule has 0 aliphatic rings. The molecule has 3 N–H and O–H groups in total. The van der Waals surface area contributed by atoms with Crippen molar-refractivity contribution in [2.24, 2.45) is 5.73 Å². The zero-order chi connectivity index (χ0) is 11.1. The lowest BCUT2D eigenvalue weighted by molar-refractivity contribution is -0.131. The molecule has 0 aromatic rings. The molecule has 0 unspecified atom stereocenters. The molecule has 0 bridgehead atoms. The molecule has 1 atom stereocenters. The molecule has 0 aliphatic heterocycles. The molecular weight excluding hydrogens is 186 g/mol. The van der Waals surface area contributed by atoms with E-state index in [1.54, 1.807) is 6.29 Å². The van der Waals surface area contributed by atoms with Gasteiger partial charge in [0.2, 0.25) is 18.1 Å². The van der Waals surface area contributed by atoms with Crippen molar-refractivity contribution in [3.63, 3.8) is 0 Å². The largest absolute Gasteiger partial charge is 0.346 e. The molecule has 6 nitrogen and oxygen atoms in total. The number of rotatable bonds is 5. The summed E-state index contributed by atoms with van der Waals surface area (Å²) in [6.07, 6.45) is 1.58. The maximum atomic E-state index is 11.2. The van der Waals surface area contributed by atoms with Crippen LogP contribution in [0.25, 0.3) is 0 Å². The van der Waals surface area contributed by atoms with Crippen LogP contribution in [-0.2, 0) is 14.4 Å². The molecule has 1 radical (unpaired) electrons. The van der Waals surface area contributed by atoms with E-state index in [0.717, 1.165) is 4.90 Å². The van der Waals surface area contributed by atoms with Crippen LogP contribution in [0.15, 0.2) is 0 Å². The summed E-state index contributed by atoms with van der Waals surface area (Å²) < 4.78 is 0. The van der Waals surface area contributed by atoms with Gasteiger partial charge in [-0.25, -0.2) is 0 Å². The van der Waals surface area contributed by atoms with E-state index < -0.39 is 11.9 Å². The molecule has 2 amide bonds. The highest BCUT2D eigenvalue weighted by Crippen LogP contribution is 1.82. The molecule has 79 valence electrons. The molecule has 0 aromatic carbocycles. The lowest BCUT2D eigenvalue weighted by atomic mass is 10.3. The van der Waals surface area contributed by atoms with Gasteiger partial charge in [0, 0.05) is 7.05 Å². The summed E-state index contributed by atoms with van der Waals surface area (Å²) in [4.78, 5) is 33.2. The van der Waals surface area contributed by atoms with Crippen molar-refractivity contribution in [1.29, 1.82) is 0 Å². The summed E-state index contributed by atoms with van der Waals surface area (Å²) in [6, 6.07) is -0.647. The van der Waals surface area contributed by atoms with E-state index in [-0.39, 0.29) is 19.0 Å². The maximum absolute atomic E-state index is 11.2. The summed E-state index contributed by atoms with van der Waals surface area (Å²) >= 11 is 0. The number of nitrogens with zero attached hydrogens (tertiary/aromatic N) is 1. The Hall–Kier alpha value is -1.43. The highest BCUT2D eigenvalue weighted by molar-refractivity contribution is 5.87. The second kappa shape index (κ2) is 6.09. The minimum Gasteiger partial charge on any atom is -0.346 e. The third-order valence-electron chi connectivity index (χ3n) is 1.55. The predicted octanol–water partition coefficient (Wildman–Crippen LogP) is -1.98. The number of nitrogens with one attached hydrogen (secondary N) is 1. The first-order valence-electron chi connectivity index (χ1n) is 4.11. The van der Waals surface area contributed by atoms with Gasteiger partial charge in [0.05, 0.1) is 19.1 Å². The van der Waals surface area contributed by atoms with Gasteiger partial charge in [0.15, 0.2) is 0 Å². The molecule has 0 rings (SSSR count). The molecule has 0 saturated carbocycles. The zero-order valence-electron chi connectivity index (χ0n) is 8.24. The van der Waals surface area contributed by atoms with Gasteiger partial charge in [-0.3, -0.25) is 14.4 Å². The molecule has 0 aliphatic carbocycles. The Kier molecular flexibility index (Phi) is 5.47. The third-order valence-corrected chi connectivity index (χ3v) is 1.55. The van der Waals surface area contributed by atoms with Crippen LogP contribution in [0.4, 0.5) is 0 Å². The Bertz CT molecular complexity index is 228. The normalized spacial score (nSPS) is 11.6. The SMILES string of the molecule is C[C@H](N)C(=O)NCC(=O)N(C)C[C]=O. The fraction of sp³-hybridized carbons (Fsp3) is 0.625. The van der Waals surface area contributed by atoms with Gasteiger partial charge in [-0.05, 0) is 6.92 Å².